The molecule has 0 nitrogen and oxygen atoms in total. The van der Waals surface area contributed by atoms with Crippen LogP contribution in [0.5, 0.6) is 0 Å². The van der Waals surface area contributed by atoms with Crippen LogP contribution in [0.15, 0.2) is 12.7 Å². The highest BCUT2D eigenvalue weighted by Crippen LogP contribution is 2.14. The third kappa shape index (κ3) is 20.0. The molecular weight excluding hydrogens is 288 g/mol. The van der Waals surface area contributed by atoms with Crippen molar-refractivity contribution in [2.45, 2.75) is 116 Å². The number of hydrogen-bond donors (Lipinski definition) is 0. The molecule has 0 aromatic carbocycles. The largest absolute Gasteiger partial charge is 0.127 e. The van der Waals surface area contributed by atoms with Crippen LogP contribution in [0.3, 0.4) is 0 Å². The summed E-state index contributed by atoms with van der Waals surface area (Å²) in [6, 6.07) is 0. The maximum Gasteiger partial charge on any atom is 0.0223 e. The third-order valence-electron chi connectivity index (χ3n) is 4.54. The van der Waals surface area contributed by atoms with Gasteiger partial charge in [0, 0.05) is 5.88 Å². The van der Waals surface area contributed by atoms with Gasteiger partial charge in [-0.3, -0.25) is 0 Å². The topological polar surface area (TPSA) is 0 Å². The highest BCUT2D eigenvalue weighted by atomic mass is 35.5. The molecule has 0 saturated heterocycles. The minimum atomic E-state index is 0.843. The normalized spacial score (nSPS) is 11.0. The molecule has 0 aliphatic rings. The van der Waals surface area contributed by atoms with Crippen molar-refractivity contribution in [2.75, 3.05) is 5.88 Å². The number of hydrogen-bond acceptors (Lipinski definition) is 0. The fourth-order valence-electron chi connectivity index (χ4n) is 3.03. The Hall–Kier alpha value is 0.0300. The monoisotopic (exact) mass is 328 g/mol. The zero-order valence-corrected chi connectivity index (χ0v) is 15.9. The first-order valence-corrected chi connectivity index (χ1v) is 10.6. The van der Waals surface area contributed by atoms with Crippen molar-refractivity contribution in [3.8, 4) is 0 Å². The lowest BCUT2D eigenvalue weighted by Crippen LogP contribution is -1.84. The lowest BCUT2D eigenvalue weighted by atomic mass is 10.0. The predicted molar refractivity (Wildman–Crippen MR) is 104 cm³/mol. The van der Waals surface area contributed by atoms with E-state index in [4.69, 9.17) is 11.6 Å². The summed E-state index contributed by atoms with van der Waals surface area (Å²) in [5.74, 6) is 0.843. The quantitative estimate of drug-likeness (QED) is 0.127. The molecule has 0 fully saturated rings. The summed E-state index contributed by atoms with van der Waals surface area (Å²) in [7, 11) is 0. The summed E-state index contributed by atoms with van der Waals surface area (Å²) in [6.07, 6.45) is 27.3. The molecule has 0 amide bonds. The molecular formula is C21H41Cl. The van der Waals surface area contributed by atoms with Crippen LogP contribution in [-0.2, 0) is 0 Å². The van der Waals surface area contributed by atoms with Crippen molar-refractivity contribution in [1.82, 2.24) is 0 Å². The molecule has 0 aromatic rings. The average molecular weight is 329 g/mol. The molecule has 0 radical (unpaired) electrons. The number of alkyl halides is 1. The lowest BCUT2D eigenvalue weighted by molar-refractivity contribution is 0.527. The van der Waals surface area contributed by atoms with E-state index in [9.17, 15) is 0 Å². The summed E-state index contributed by atoms with van der Waals surface area (Å²) in [5.41, 5.74) is 0. The molecule has 0 N–H and O–H groups in total. The van der Waals surface area contributed by atoms with Crippen molar-refractivity contribution < 1.29 is 0 Å². The van der Waals surface area contributed by atoms with E-state index < -0.39 is 0 Å². The second-order valence-electron chi connectivity index (χ2n) is 6.78. The van der Waals surface area contributed by atoms with Crippen LogP contribution >= 0.6 is 11.6 Å². The molecule has 0 aromatic heterocycles. The van der Waals surface area contributed by atoms with Gasteiger partial charge in [-0.25, -0.2) is 0 Å². The Bertz CT molecular complexity index is 200. The number of halogens is 1. The Labute approximate surface area is 146 Å². The van der Waals surface area contributed by atoms with Gasteiger partial charge in [0.25, 0.3) is 0 Å². The second-order valence-corrected chi connectivity index (χ2v) is 7.15. The number of allylic oxidation sites excluding steroid dienone is 1. The molecule has 132 valence electrons. The van der Waals surface area contributed by atoms with Crippen LogP contribution in [0.4, 0.5) is 0 Å². The van der Waals surface area contributed by atoms with Gasteiger partial charge in [0.15, 0.2) is 0 Å². The summed E-state index contributed by atoms with van der Waals surface area (Å²) >= 11 is 5.67. The third-order valence-corrected chi connectivity index (χ3v) is 4.81. The first-order chi connectivity index (χ1) is 10.9. The smallest absolute Gasteiger partial charge is 0.0223 e. The molecule has 0 saturated carbocycles. The predicted octanol–water partition coefficient (Wildman–Crippen LogP) is 8.43. The molecule has 0 bridgehead atoms. The van der Waals surface area contributed by atoms with Gasteiger partial charge < -0.3 is 0 Å². The van der Waals surface area contributed by atoms with Crippen molar-refractivity contribution >= 4 is 11.6 Å². The number of unbranched alkanes of at least 4 members (excludes halogenated alkanes) is 17. The van der Waals surface area contributed by atoms with Crippen LogP contribution in [-0.4, -0.2) is 5.88 Å². The van der Waals surface area contributed by atoms with Gasteiger partial charge in [0.2, 0.25) is 0 Å². The summed E-state index contributed by atoms with van der Waals surface area (Å²) in [4.78, 5) is 0. The van der Waals surface area contributed by atoms with Gasteiger partial charge in [-0.1, -0.05) is 102 Å². The van der Waals surface area contributed by atoms with Crippen LogP contribution in [0.1, 0.15) is 116 Å². The summed E-state index contributed by atoms with van der Waals surface area (Å²) in [6.45, 7) is 3.77. The van der Waals surface area contributed by atoms with E-state index in [0.29, 0.717) is 0 Å². The second kappa shape index (κ2) is 21.0. The molecule has 0 unspecified atom stereocenters. The van der Waals surface area contributed by atoms with Gasteiger partial charge in [0.05, 0.1) is 0 Å². The molecule has 1 heteroatoms. The van der Waals surface area contributed by atoms with E-state index in [0.717, 1.165) is 5.88 Å². The van der Waals surface area contributed by atoms with E-state index in [-0.39, 0.29) is 0 Å². The standard InChI is InChI=1S/C21H41Cl/c1-2-3-4-5-6-7-8-9-10-11-12-13-14-15-16-17-18-19-20-21-22/h2H,1,3-21H2. The van der Waals surface area contributed by atoms with Crippen LogP contribution in [0.2, 0.25) is 0 Å². The maximum atomic E-state index is 5.67. The molecule has 0 rings (SSSR count). The highest BCUT2D eigenvalue weighted by molar-refractivity contribution is 6.17. The lowest BCUT2D eigenvalue weighted by Gasteiger charge is -2.03. The van der Waals surface area contributed by atoms with Crippen molar-refractivity contribution in [3.05, 3.63) is 12.7 Å². The minimum Gasteiger partial charge on any atom is -0.127 e. The fraction of sp³-hybridized carbons (Fsp3) is 0.905. The Morgan fingerprint density at radius 1 is 0.455 bits per heavy atom. The first-order valence-electron chi connectivity index (χ1n) is 10.1. The fourth-order valence-corrected chi connectivity index (χ4v) is 3.22. The number of rotatable bonds is 19. The van der Waals surface area contributed by atoms with Crippen molar-refractivity contribution in [3.63, 3.8) is 0 Å². The Morgan fingerprint density at radius 2 is 0.727 bits per heavy atom. The van der Waals surface area contributed by atoms with E-state index in [1.54, 1.807) is 0 Å². The zero-order chi connectivity index (χ0) is 16.1. The highest BCUT2D eigenvalue weighted by Gasteiger charge is 1.94. The summed E-state index contributed by atoms with van der Waals surface area (Å²) in [5, 5.41) is 0. The summed E-state index contributed by atoms with van der Waals surface area (Å²) < 4.78 is 0. The Balaban J connectivity index is 2.92. The van der Waals surface area contributed by atoms with Crippen LogP contribution in [0.25, 0.3) is 0 Å². The van der Waals surface area contributed by atoms with Gasteiger partial charge in [-0.05, 0) is 19.3 Å². The molecule has 0 aliphatic heterocycles. The van der Waals surface area contributed by atoms with Crippen LogP contribution < -0.4 is 0 Å². The van der Waals surface area contributed by atoms with E-state index in [2.05, 4.69) is 6.58 Å². The van der Waals surface area contributed by atoms with Crippen molar-refractivity contribution in [2.24, 2.45) is 0 Å². The molecule has 0 aliphatic carbocycles. The SMILES string of the molecule is C=CCCCCCCCCCCCCCCCCCCCCl. The van der Waals surface area contributed by atoms with Crippen molar-refractivity contribution in [1.29, 1.82) is 0 Å². The zero-order valence-electron chi connectivity index (χ0n) is 15.1. The Morgan fingerprint density at radius 3 is 1.00 bits per heavy atom. The first kappa shape index (κ1) is 22.0. The van der Waals surface area contributed by atoms with Crippen LogP contribution in [0, 0.1) is 0 Å². The van der Waals surface area contributed by atoms with Gasteiger partial charge in [-0.15, -0.1) is 18.2 Å². The maximum absolute atomic E-state index is 5.67. The molecule has 0 heterocycles. The van der Waals surface area contributed by atoms with Gasteiger partial charge in [-0.2, -0.15) is 0 Å². The molecule has 22 heavy (non-hydrogen) atoms. The molecule has 0 atom stereocenters. The van der Waals surface area contributed by atoms with Gasteiger partial charge in [0.1, 0.15) is 0 Å². The Kier molecular flexibility index (Phi) is 21.1. The van der Waals surface area contributed by atoms with Gasteiger partial charge >= 0.3 is 0 Å². The minimum absolute atomic E-state index is 0.843. The van der Waals surface area contributed by atoms with E-state index in [1.165, 1.54) is 116 Å². The van der Waals surface area contributed by atoms with E-state index in [1.807, 2.05) is 6.08 Å². The molecule has 0 spiro atoms. The average Bonchev–Trinajstić information content (AvgIpc) is 2.54. The van der Waals surface area contributed by atoms with E-state index >= 15 is 0 Å².